The largest absolute Gasteiger partial charge is 0.339 e. The summed E-state index contributed by atoms with van der Waals surface area (Å²) in [6, 6.07) is 21.0. The second kappa shape index (κ2) is 9.68. The van der Waals surface area contributed by atoms with Gasteiger partial charge in [0.15, 0.2) is 0 Å². The summed E-state index contributed by atoms with van der Waals surface area (Å²) in [5.74, 6) is 0.602. The summed E-state index contributed by atoms with van der Waals surface area (Å²) in [5, 5.41) is 0.668. The molecule has 2 aromatic carbocycles. The van der Waals surface area contributed by atoms with Crippen molar-refractivity contribution in [1.29, 1.82) is 0 Å². The van der Waals surface area contributed by atoms with Gasteiger partial charge < -0.3 is 9.80 Å². The van der Waals surface area contributed by atoms with E-state index < -0.39 is 0 Å². The van der Waals surface area contributed by atoms with Crippen LogP contribution in [0.25, 0.3) is 5.57 Å². The number of carbonyl (C=O) groups is 1. The molecule has 0 aromatic heterocycles. The third-order valence-electron chi connectivity index (χ3n) is 6.61. The van der Waals surface area contributed by atoms with E-state index in [1.165, 1.54) is 11.1 Å². The molecule has 3 aliphatic heterocycles. The Kier molecular flexibility index (Phi) is 6.32. The molecule has 3 nitrogen and oxygen atoms in total. The lowest BCUT2D eigenvalue weighted by molar-refractivity contribution is -0.127. The smallest absolute Gasteiger partial charge is 0.246 e. The van der Waals surface area contributed by atoms with Crippen molar-refractivity contribution >= 4 is 23.1 Å². The topological polar surface area (TPSA) is 23.6 Å². The summed E-state index contributed by atoms with van der Waals surface area (Å²) in [7, 11) is 0. The van der Waals surface area contributed by atoms with E-state index in [9.17, 15) is 4.79 Å². The van der Waals surface area contributed by atoms with E-state index in [0.717, 1.165) is 49.3 Å². The predicted molar refractivity (Wildman–Crippen MR) is 135 cm³/mol. The van der Waals surface area contributed by atoms with Crippen LogP contribution < -0.4 is 0 Å². The van der Waals surface area contributed by atoms with Gasteiger partial charge in [-0.2, -0.15) is 0 Å². The van der Waals surface area contributed by atoms with Crippen molar-refractivity contribution in [2.75, 3.05) is 13.1 Å². The standard InChI is InChI=1S/C29H27ClN2O/c30-25-11-12-26-13-14-27(24-9-5-2-6-10-24)28(32(26)21-25)15-16-29(33)31-19-17-23(18-20-31)22-7-3-1-4-8-22/h1-13,15-16,21,23H,14,17-20H2/b16-15+. The summed E-state index contributed by atoms with van der Waals surface area (Å²) in [5.41, 5.74) is 5.79. The van der Waals surface area contributed by atoms with Crippen LogP contribution in [0.3, 0.4) is 0 Å². The van der Waals surface area contributed by atoms with Gasteiger partial charge in [-0.3, -0.25) is 4.79 Å². The molecule has 1 amide bonds. The minimum atomic E-state index is 0.0696. The SMILES string of the molecule is O=C(/C=C/C1=C(c2ccccc2)CC=C2C=CC(Cl)=CN21)N1CCC(c2ccccc2)CC1. The van der Waals surface area contributed by atoms with E-state index in [1.54, 1.807) is 6.08 Å². The van der Waals surface area contributed by atoms with Crippen molar-refractivity contribution in [3.63, 3.8) is 0 Å². The third-order valence-corrected chi connectivity index (χ3v) is 6.84. The number of hydrogen-bond donors (Lipinski definition) is 0. The van der Waals surface area contributed by atoms with Crippen LogP contribution >= 0.6 is 11.6 Å². The molecule has 3 heterocycles. The van der Waals surface area contributed by atoms with Gasteiger partial charge >= 0.3 is 0 Å². The van der Waals surface area contributed by atoms with Crippen LogP contribution in [0.4, 0.5) is 0 Å². The molecule has 33 heavy (non-hydrogen) atoms. The molecule has 0 bridgehead atoms. The first-order chi connectivity index (χ1) is 16.2. The van der Waals surface area contributed by atoms with Gasteiger partial charge in [0.1, 0.15) is 0 Å². The highest BCUT2D eigenvalue weighted by Crippen LogP contribution is 2.36. The van der Waals surface area contributed by atoms with Gasteiger partial charge in [0.2, 0.25) is 5.91 Å². The van der Waals surface area contributed by atoms with Gasteiger partial charge in [-0.05, 0) is 60.1 Å². The zero-order chi connectivity index (χ0) is 22.6. The Morgan fingerprint density at radius 3 is 2.36 bits per heavy atom. The number of fused-ring (bicyclic) bond motifs is 1. The molecule has 166 valence electrons. The van der Waals surface area contributed by atoms with E-state index in [1.807, 2.05) is 47.5 Å². The zero-order valence-corrected chi connectivity index (χ0v) is 19.3. The molecule has 0 radical (unpaired) electrons. The number of rotatable bonds is 4. The average molecular weight is 455 g/mol. The second-order valence-corrected chi connectivity index (χ2v) is 9.06. The van der Waals surface area contributed by atoms with Crippen LogP contribution in [0.15, 0.2) is 114 Å². The maximum atomic E-state index is 13.1. The Hall–Kier alpha value is -3.30. The fourth-order valence-corrected chi connectivity index (χ4v) is 4.98. The second-order valence-electron chi connectivity index (χ2n) is 8.62. The number of amides is 1. The minimum absolute atomic E-state index is 0.0696. The first kappa shape index (κ1) is 21.5. The van der Waals surface area contributed by atoms with E-state index in [-0.39, 0.29) is 5.91 Å². The maximum Gasteiger partial charge on any atom is 0.246 e. The molecule has 3 aliphatic rings. The molecular weight excluding hydrogens is 428 g/mol. The molecule has 0 atom stereocenters. The van der Waals surface area contributed by atoms with E-state index >= 15 is 0 Å². The lowest BCUT2D eigenvalue weighted by Gasteiger charge is -2.33. The summed E-state index contributed by atoms with van der Waals surface area (Å²) in [4.78, 5) is 17.1. The number of piperidine rings is 1. The van der Waals surface area contributed by atoms with Gasteiger partial charge in [0, 0.05) is 36.8 Å². The first-order valence-electron chi connectivity index (χ1n) is 11.5. The van der Waals surface area contributed by atoms with Gasteiger partial charge in [-0.25, -0.2) is 0 Å². The fraction of sp³-hybridized carbons (Fsp3) is 0.207. The molecule has 1 fully saturated rings. The number of benzene rings is 2. The lowest BCUT2D eigenvalue weighted by atomic mass is 9.89. The summed E-state index contributed by atoms with van der Waals surface area (Å²) >= 11 is 6.33. The Labute approximate surface area is 200 Å². The Balaban J connectivity index is 1.35. The van der Waals surface area contributed by atoms with Gasteiger partial charge in [-0.1, -0.05) is 78.3 Å². The van der Waals surface area contributed by atoms with E-state index in [0.29, 0.717) is 11.0 Å². The molecule has 0 unspecified atom stereocenters. The molecule has 4 heteroatoms. The van der Waals surface area contributed by atoms with Gasteiger partial charge in [-0.15, -0.1) is 0 Å². The zero-order valence-electron chi connectivity index (χ0n) is 18.5. The van der Waals surface area contributed by atoms with Crippen LogP contribution in [-0.4, -0.2) is 28.8 Å². The summed E-state index contributed by atoms with van der Waals surface area (Å²) in [6.45, 7) is 1.58. The molecule has 2 aromatic rings. The van der Waals surface area contributed by atoms with Gasteiger partial charge in [0.05, 0.1) is 5.03 Å². The summed E-state index contributed by atoms with van der Waals surface area (Å²) < 4.78 is 0. The molecule has 5 rings (SSSR count). The fourth-order valence-electron chi connectivity index (χ4n) is 4.82. The Bertz CT molecular complexity index is 1170. The van der Waals surface area contributed by atoms with Crippen LogP contribution in [0, 0.1) is 0 Å². The number of likely N-dealkylation sites (tertiary alicyclic amines) is 1. The number of nitrogens with zero attached hydrogens (tertiary/aromatic N) is 2. The van der Waals surface area contributed by atoms with Crippen LogP contribution in [0.5, 0.6) is 0 Å². The van der Waals surface area contributed by atoms with Crippen molar-refractivity contribution < 1.29 is 4.79 Å². The number of carbonyl (C=O) groups excluding carboxylic acids is 1. The van der Waals surface area contributed by atoms with Crippen molar-refractivity contribution in [3.8, 4) is 0 Å². The molecule has 0 saturated carbocycles. The highest BCUT2D eigenvalue weighted by molar-refractivity contribution is 6.31. The highest BCUT2D eigenvalue weighted by Gasteiger charge is 2.24. The van der Waals surface area contributed by atoms with Crippen LogP contribution in [0.1, 0.15) is 36.3 Å². The minimum Gasteiger partial charge on any atom is -0.339 e. The predicted octanol–water partition coefficient (Wildman–Crippen LogP) is 6.60. The lowest BCUT2D eigenvalue weighted by Crippen LogP contribution is -2.37. The molecular formula is C29H27ClN2O. The number of allylic oxidation sites excluding steroid dienone is 6. The van der Waals surface area contributed by atoms with Crippen molar-refractivity contribution in [2.24, 2.45) is 0 Å². The van der Waals surface area contributed by atoms with Crippen LogP contribution in [0.2, 0.25) is 0 Å². The Morgan fingerprint density at radius 1 is 0.939 bits per heavy atom. The van der Waals surface area contributed by atoms with E-state index in [2.05, 4.69) is 53.4 Å². The molecule has 0 N–H and O–H groups in total. The quantitative estimate of drug-likeness (QED) is 0.486. The molecule has 0 spiro atoms. The summed E-state index contributed by atoms with van der Waals surface area (Å²) in [6.07, 6.45) is 14.5. The average Bonchev–Trinajstić information content (AvgIpc) is 2.88. The molecule has 1 saturated heterocycles. The highest BCUT2D eigenvalue weighted by atomic mass is 35.5. The normalized spacial score (nSPS) is 18.9. The number of hydrogen-bond acceptors (Lipinski definition) is 2. The van der Waals surface area contributed by atoms with Crippen molar-refractivity contribution in [2.45, 2.75) is 25.2 Å². The maximum absolute atomic E-state index is 13.1. The monoisotopic (exact) mass is 454 g/mol. The van der Waals surface area contributed by atoms with Crippen LogP contribution in [-0.2, 0) is 4.79 Å². The van der Waals surface area contributed by atoms with Crippen molar-refractivity contribution in [1.82, 2.24) is 9.80 Å². The Morgan fingerprint density at radius 2 is 1.64 bits per heavy atom. The van der Waals surface area contributed by atoms with Gasteiger partial charge in [0.25, 0.3) is 0 Å². The molecule has 0 aliphatic carbocycles. The van der Waals surface area contributed by atoms with Crippen molar-refractivity contribution in [3.05, 3.63) is 125 Å². The van der Waals surface area contributed by atoms with E-state index in [4.69, 9.17) is 11.6 Å². The first-order valence-corrected chi connectivity index (χ1v) is 11.9. The number of halogens is 1. The third kappa shape index (κ3) is 4.74.